The molecule has 0 unspecified atom stereocenters. The molecule has 0 spiro atoms. The molecule has 0 N–H and O–H groups in total. The van der Waals surface area contributed by atoms with Gasteiger partial charge in [0, 0.05) is 66.3 Å². The summed E-state index contributed by atoms with van der Waals surface area (Å²) >= 11 is 0. The fourth-order valence-electron chi connectivity index (χ4n) is 10.8. The predicted octanol–water partition coefficient (Wildman–Crippen LogP) is 16.0. The molecule has 15 aromatic rings. The summed E-state index contributed by atoms with van der Waals surface area (Å²) in [7, 11) is 0. The van der Waals surface area contributed by atoms with E-state index in [1.54, 1.807) is 0 Å². The summed E-state index contributed by atoms with van der Waals surface area (Å²) in [6.45, 7) is 0. The van der Waals surface area contributed by atoms with Gasteiger partial charge in [-0.15, -0.1) is 10.2 Å². The van der Waals surface area contributed by atoms with E-state index >= 15 is 0 Å². The highest BCUT2D eigenvalue weighted by Gasteiger charge is 2.24. The Bertz CT molecular complexity index is 4370. The first-order chi connectivity index (χ1) is 39.2. The van der Waals surface area contributed by atoms with Crippen molar-refractivity contribution in [1.82, 2.24) is 49.2 Å². The van der Waals surface area contributed by atoms with Gasteiger partial charge in [0.2, 0.25) is 11.8 Å². The molecule has 5 heterocycles. The number of nitrogens with zero attached hydrogens (tertiary/aromatic N) is 10. The van der Waals surface area contributed by atoms with Crippen LogP contribution in [0.1, 0.15) is 0 Å². The SMILES string of the molecule is c1ccc(-c2nc(-c3ccccc3)nc(-c3cccc(-n4c5ccccc5c5cccc(-c6nnc(-c7cccc8c9ccccc9n(-c9cccc(-c%10nc(-c%11ccccc%11)nc(-c%11ccccc%11)n%10)c9)c78)o6)c54)c3)n2)cc1. The number of para-hydroxylation sites is 4. The van der Waals surface area contributed by atoms with Crippen LogP contribution < -0.4 is 0 Å². The predicted molar refractivity (Wildman–Crippen MR) is 313 cm³/mol. The summed E-state index contributed by atoms with van der Waals surface area (Å²) in [4.78, 5) is 30.2. The van der Waals surface area contributed by atoms with Crippen LogP contribution in [0.5, 0.6) is 0 Å². The zero-order chi connectivity index (χ0) is 52.2. The van der Waals surface area contributed by atoms with E-state index in [-0.39, 0.29) is 0 Å². The second kappa shape index (κ2) is 19.0. The van der Waals surface area contributed by atoms with Crippen molar-refractivity contribution in [2.75, 3.05) is 0 Å². The molecule has 0 aliphatic rings. The Morgan fingerprint density at radius 1 is 0.253 bits per heavy atom. The normalized spacial score (nSPS) is 11.5. The van der Waals surface area contributed by atoms with Crippen LogP contribution in [0.15, 0.2) is 259 Å². The second-order valence-corrected chi connectivity index (χ2v) is 19.2. The fourth-order valence-corrected chi connectivity index (χ4v) is 10.8. The van der Waals surface area contributed by atoms with Gasteiger partial charge in [-0.05, 0) is 48.5 Å². The first-order valence-corrected chi connectivity index (χ1v) is 26.0. The zero-order valence-corrected chi connectivity index (χ0v) is 42.1. The van der Waals surface area contributed by atoms with Gasteiger partial charge in [0.05, 0.1) is 33.2 Å². The molecule has 0 aliphatic heterocycles. The average Bonchev–Trinajstić information content (AvgIpc) is 4.39. The highest BCUT2D eigenvalue weighted by molar-refractivity contribution is 6.14. The lowest BCUT2D eigenvalue weighted by Gasteiger charge is -2.13. The molecule has 0 aliphatic carbocycles. The molecule has 0 radical (unpaired) electrons. The van der Waals surface area contributed by atoms with E-state index in [1.165, 1.54) is 0 Å². The third-order valence-corrected chi connectivity index (χ3v) is 14.4. The van der Waals surface area contributed by atoms with Crippen molar-refractivity contribution < 1.29 is 4.42 Å². The van der Waals surface area contributed by atoms with Gasteiger partial charge < -0.3 is 13.6 Å². The molecule has 370 valence electrons. The van der Waals surface area contributed by atoms with E-state index in [0.717, 1.165) is 99.5 Å². The summed E-state index contributed by atoms with van der Waals surface area (Å²) in [6.07, 6.45) is 0. The Kier molecular flexibility index (Phi) is 10.9. The molecule has 0 amide bonds. The van der Waals surface area contributed by atoms with Crippen molar-refractivity contribution >= 4 is 43.6 Å². The van der Waals surface area contributed by atoms with Gasteiger partial charge in [-0.25, -0.2) is 29.9 Å². The van der Waals surface area contributed by atoms with Crippen molar-refractivity contribution in [2.45, 2.75) is 0 Å². The number of benzene rings is 10. The Morgan fingerprint density at radius 2 is 0.544 bits per heavy atom. The van der Waals surface area contributed by atoms with E-state index in [1.807, 2.05) is 133 Å². The van der Waals surface area contributed by atoms with Crippen LogP contribution in [0, 0.1) is 0 Å². The van der Waals surface area contributed by atoms with E-state index < -0.39 is 0 Å². The topological polar surface area (TPSA) is 126 Å². The summed E-state index contributed by atoms with van der Waals surface area (Å²) < 4.78 is 11.5. The van der Waals surface area contributed by atoms with Crippen LogP contribution in [0.3, 0.4) is 0 Å². The molecule has 0 saturated carbocycles. The van der Waals surface area contributed by atoms with Gasteiger partial charge in [-0.1, -0.05) is 206 Å². The van der Waals surface area contributed by atoms with Crippen LogP contribution in [-0.4, -0.2) is 49.2 Å². The minimum Gasteiger partial charge on any atom is -0.416 e. The molecular weight excluding hydrogens is 973 g/mol. The third-order valence-electron chi connectivity index (χ3n) is 14.4. The Hall–Kier alpha value is -11.0. The molecule has 11 nitrogen and oxygen atoms in total. The van der Waals surface area contributed by atoms with Gasteiger partial charge in [-0.2, -0.15) is 0 Å². The summed E-state index contributed by atoms with van der Waals surface area (Å²) in [6, 6.07) is 86.3. The molecule has 0 bridgehead atoms. The van der Waals surface area contributed by atoms with Crippen molar-refractivity contribution in [2.24, 2.45) is 0 Å². The van der Waals surface area contributed by atoms with Gasteiger partial charge in [-0.3, -0.25) is 0 Å². The molecule has 15 rings (SSSR count). The maximum absolute atomic E-state index is 6.95. The molecule has 11 heteroatoms. The van der Waals surface area contributed by atoms with Crippen LogP contribution in [-0.2, 0) is 0 Å². The highest BCUT2D eigenvalue weighted by atomic mass is 16.4. The molecule has 0 fully saturated rings. The number of hydrogen-bond donors (Lipinski definition) is 0. The summed E-state index contributed by atoms with van der Waals surface area (Å²) in [5.41, 5.74) is 12.6. The number of aromatic nitrogens is 10. The van der Waals surface area contributed by atoms with Gasteiger partial charge in [0.1, 0.15) is 0 Å². The van der Waals surface area contributed by atoms with E-state index in [0.29, 0.717) is 46.7 Å². The molecule has 0 atom stereocenters. The van der Waals surface area contributed by atoms with Crippen molar-refractivity contribution in [1.29, 1.82) is 0 Å². The molecule has 79 heavy (non-hydrogen) atoms. The number of fused-ring (bicyclic) bond motifs is 6. The lowest BCUT2D eigenvalue weighted by atomic mass is 10.1. The van der Waals surface area contributed by atoms with Crippen molar-refractivity contribution in [3.8, 4) is 103 Å². The molecular formula is C68H42N10O. The van der Waals surface area contributed by atoms with Gasteiger partial charge >= 0.3 is 0 Å². The third kappa shape index (κ3) is 8.00. The Morgan fingerprint density at radius 3 is 0.911 bits per heavy atom. The minimum absolute atomic E-state index is 0.387. The Balaban J connectivity index is 0.866. The van der Waals surface area contributed by atoms with E-state index in [4.69, 9.17) is 44.5 Å². The average molecular weight is 1020 g/mol. The van der Waals surface area contributed by atoms with Crippen LogP contribution in [0.4, 0.5) is 0 Å². The first kappa shape index (κ1) is 45.4. The quantitative estimate of drug-likeness (QED) is 0.132. The second-order valence-electron chi connectivity index (χ2n) is 19.2. The monoisotopic (exact) mass is 1010 g/mol. The van der Waals surface area contributed by atoms with Crippen LogP contribution in [0.25, 0.3) is 146 Å². The smallest absolute Gasteiger partial charge is 0.250 e. The number of rotatable bonds is 10. The van der Waals surface area contributed by atoms with Gasteiger partial charge in [0.15, 0.2) is 34.9 Å². The summed E-state index contributed by atoms with van der Waals surface area (Å²) in [5, 5.41) is 14.0. The van der Waals surface area contributed by atoms with E-state index in [2.05, 4.69) is 130 Å². The lowest BCUT2D eigenvalue weighted by Crippen LogP contribution is -2.01. The molecule has 5 aromatic heterocycles. The van der Waals surface area contributed by atoms with Crippen LogP contribution >= 0.6 is 0 Å². The summed E-state index contributed by atoms with van der Waals surface area (Å²) in [5.74, 6) is 4.30. The fraction of sp³-hybridized carbons (Fsp3) is 0. The van der Waals surface area contributed by atoms with E-state index in [9.17, 15) is 0 Å². The number of hydrogen-bond acceptors (Lipinski definition) is 9. The maximum Gasteiger partial charge on any atom is 0.250 e. The van der Waals surface area contributed by atoms with Gasteiger partial charge in [0.25, 0.3) is 0 Å². The highest BCUT2D eigenvalue weighted by Crippen LogP contribution is 2.42. The largest absolute Gasteiger partial charge is 0.416 e. The van der Waals surface area contributed by atoms with Crippen LogP contribution in [0.2, 0.25) is 0 Å². The zero-order valence-electron chi connectivity index (χ0n) is 42.1. The molecule has 10 aromatic carbocycles. The maximum atomic E-state index is 6.95. The molecule has 0 saturated heterocycles. The lowest BCUT2D eigenvalue weighted by molar-refractivity contribution is 0.585. The van der Waals surface area contributed by atoms with Crippen molar-refractivity contribution in [3.05, 3.63) is 255 Å². The van der Waals surface area contributed by atoms with Crippen molar-refractivity contribution in [3.63, 3.8) is 0 Å². The Labute approximate surface area is 452 Å². The minimum atomic E-state index is 0.387. The standard InChI is InChI=1S/C68H42N10O/c1-5-21-43(22-6-1)61-69-62(44-23-7-2-8-24-44)72-65(71-61)47-29-17-31-49(41-47)77-57-39-15-13-33-51(57)53-35-19-37-55(59(53)77)67-75-76-68(79-67)56-38-20-36-54-52-34-14-16-40-58(52)78(60(54)56)50-32-18-30-48(42-50)66-73-63(45-25-9-3-10-26-45)70-64(74-66)46-27-11-4-12-28-46/h1-42H. The first-order valence-electron chi connectivity index (χ1n) is 26.0.